The van der Waals surface area contributed by atoms with E-state index in [0.29, 0.717) is 75.4 Å². The molecule has 3 N–H and O–H groups in total. The van der Waals surface area contributed by atoms with Gasteiger partial charge in [0.15, 0.2) is 5.82 Å². The first kappa shape index (κ1) is 28.7. The van der Waals surface area contributed by atoms with Gasteiger partial charge in [0.1, 0.15) is 24.6 Å². The smallest absolute Gasteiger partial charge is 0.409 e. The lowest BCUT2D eigenvalue weighted by Crippen LogP contribution is -2.48. The lowest BCUT2D eigenvalue weighted by atomic mass is 9.87. The highest BCUT2D eigenvalue weighted by Crippen LogP contribution is 2.26. The van der Waals surface area contributed by atoms with E-state index >= 15 is 0 Å². The third-order valence-corrected chi connectivity index (χ3v) is 7.62. The molecule has 9 nitrogen and oxygen atoms in total. The Morgan fingerprint density at radius 2 is 2.10 bits per heavy atom. The number of anilines is 1. The number of carbonyl (C=O) groups is 2. The van der Waals surface area contributed by atoms with Crippen LogP contribution < -0.4 is 16.0 Å². The third-order valence-electron chi connectivity index (χ3n) is 7.62. The average molecular weight is 567 g/mol. The van der Waals surface area contributed by atoms with Crippen LogP contribution in [0.15, 0.2) is 48.9 Å². The molecule has 2 amide bonds. The van der Waals surface area contributed by atoms with E-state index in [4.69, 9.17) is 4.74 Å². The SMILES string of the molecule is CCC[C@@H](N[C@H]1CCc2cc(F)cc(F)c2C1)C(=O)Nc1cn(-c2ccccc2CNCCN2CCOC2=O)cn1. The first-order chi connectivity index (χ1) is 19.9. The maximum Gasteiger partial charge on any atom is 0.409 e. The summed E-state index contributed by atoms with van der Waals surface area (Å²) in [4.78, 5) is 31.0. The summed E-state index contributed by atoms with van der Waals surface area (Å²) in [5.41, 5.74) is 3.20. The average Bonchev–Trinajstić information content (AvgIpc) is 3.60. The van der Waals surface area contributed by atoms with Gasteiger partial charge in [0.05, 0.1) is 24.5 Å². The second kappa shape index (κ2) is 13.2. The van der Waals surface area contributed by atoms with Crippen LogP contribution in [0.4, 0.5) is 19.4 Å². The maximum absolute atomic E-state index is 14.4. The number of aromatic nitrogens is 2. The van der Waals surface area contributed by atoms with Gasteiger partial charge < -0.3 is 30.2 Å². The van der Waals surface area contributed by atoms with Crippen molar-refractivity contribution in [3.63, 3.8) is 0 Å². The number of benzene rings is 2. The fourth-order valence-electron chi connectivity index (χ4n) is 5.50. The fraction of sp³-hybridized carbons (Fsp3) is 0.433. The molecule has 0 radical (unpaired) electrons. The molecule has 5 rings (SSSR count). The van der Waals surface area contributed by atoms with Gasteiger partial charge in [0, 0.05) is 31.7 Å². The summed E-state index contributed by atoms with van der Waals surface area (Å²) in [5, 5.41) is 9.72. The minimum Gasteiger partial charge on any atom is -0.448 e. The van der Waals surface area contributed by atoms with Gasteiger partial charge in [-0.15, -0.1) is 0 Å². The van der Waals surface area contributed by atoms with Crippen LogP contribution in [0, 0.1) is 11.6 Å². The molecular formula is C30H36F2N6O3. The van der Waals surface area contributed by atoms with Gasteiger partial charge in [-0.3, -0.25) is 4.79 Å². The number of amides is 2. The van der Waals surface area contributed by atoms with Crippen molar-refractivity contribution in [1.29, 1.82) is 0 Å². The van der Waals surface area contributed by atoms with E-state index in [9.17, 15) is 18.4 Å². The Balaban J connectivity index is 1.18. The zero-order valence-electron chi connectivity index (χ0n) is 23.2. The van der Waals surface area contributed by atoms with E-state index in [1.54, 1.807) is 17.4 Å². The summed E-state index contributed by atoms with van der Waals surface area (Å²) < 4.78 is 34.8. The summed E-state index contributed by atoms with van der Waals surface area (Å²) in [6.07, 6.45) is 6.25. The molecular weight excluding hydrogens is 530 g/mol. The van der Waals surface area contributed by atoms with Crippen LogP contribution >= 0.6 is 0 Å². The summed E-state index contributed by atoms with van der Waals surface area (Å²) in [6.45, 7) is 4.88. The molecule has 1 saturated heterocycles. The van der Waals surface area contributed by atoms with Crippen molar-refractivity contribution in [2.45, 2.75) is 57.7 Å². The minimum atomic E-state index is -0.556. The van der Waals surface area contributed by atoms with Gasteiger partial charge in [-0.25, -0.2) is 18.6 Å². The van der Waals surface area contributed by atoms with Crippen molar-refractivity contribution >= 4 is 17.8 Å². The number of rotatable bonds is 12. The number of nitrogens with zero attached hydrogens (tertiary/aromatic N) is 3. The van der Waals surface area contributed by atoms with Crippen molar-refractivity contribution in [3.05, 3.63) is 77.2 Å². The predicted molar refractivity (Wildman–Crippen MR) is 151 cm³/mol. The fourth-order valence-corrected chi connectivity index (χ4v) is 5.50. The Bertz CT molecular complexity index is 1380. The molecule has 2 aliphatic rings. The Kier molecular flexibility index (Phi) is 9.25. The Hall–Kier alpha value is -3.83. The van der Waals surface area contributed by atoms with Gasteiger partial charge >= 0.3 is 6.09 Å². The molecule has 2 heterocycles. The summed E-state index contributed by atoms with van der Waals surface area (Å²) in [7, 11) is 0. The highest BCUT2D eigenvalue weighted by atomic mass is 19.1. The molecule has 1 aliphatic heterocycles. The standard InChI is InChI=1S/C30H36F2N6O3/c1-2-5-26(35-23-9-8-20-14-22(31)15-25(32)24(20)16-23)29(39)36-28-18-38(19-34-28)27-7-4-3-6-21(27)17-33-10-11-37-12-13-41-30(37)40/h3-4,6-7,14-15,18-19,23,26,33,35H,2,5,8-13,16-17H2,1H3,(H,36,39)/t23-,26+/m0/s1. The van der Waals surface area contributed by atoms with Crippen LogP contribution in [0.2, 0.25) is 0 Å². The summed E-state index contributed by atoms with van der Waals surface area (Å²) >= 11 is 0. The molecule has 1 aromatic heterocycles. The third kappa shape index (κ3) is 7.09. The number of cyclic esters (lactones) is 1. The highest BCUT2D eigenvalue weighted by molar-refractivity contribution is 5.94. The molecule has 0 spiro atoms. The molecule has 218 valence electrons. The van der Waals surface area contributed by atoms with Gasteiger partial charge in [-0.05, 0) is 54.5 Å². The van der Waals surface area contributed by atoms with Crippen LogP contribution in [-0.2, 0) is 28.9 Å². The van der Waals surface area contributed by atoms with Crippen LogP contribution in [0.25, 0.3) is 5.69 Å². The van der Waals surface area contributed by atoms with E-state index in [2.05, 4.69) is 20.9 Å². The number of fused-ring (bicyclic) bond motifs is 1. The molecule has 2 aromatic carbocycles. The maximum atomic E-state index is 14.4. The molecule has 0 saturated carbocycles. The number of imidazole rings is 1. The van der Waals surface area contributed by atoms with Gasteiger partial charge in [0.25, 0.3) is 0 Å². The molecule has 3 aromatic rings. The molecule has 41 heavy (non-hydrogen) atoms. The summed E-state index contributed by atoms with van der Waals surface area (Å²) in [6, 6.07) is 9.68. The van der Waals surface area contributed by atoms with Crippen molar-refractivity contribution in [1.82, 2.24) is 25.1 Å². The van der Waals surface area contributed by atoms with E-state index in [-0.39, 0.29) is 18.0 Å². The predicted octanol–water partition coefficient (Wildman–Crippen LogP) is 3.95. The molecule has 11 heteroatoms. The van der Waals surface area contributed by atoms with Crippen molar-refractivity contribution in [3.8, 4) is 5.69 Å². The van der Waals surface area contributed by atoms with Gasteiger partial charge in [-0.1, -0.05) is 31.5 Å². The quantitative estimate of drug-likeness (QED) is 0.287. The van der Waals surface area contributed by atoms with Crippen LogP contribution in [0.1, 0.15) is 42.9 Å². The van der Waals surface area contributed by atoms with E-state index in [0.717, 1.165) is 23.7 Å². The topological polar surface area (TPSA) is 101 Å². The van der Waals surface area contributed by atoms with Crippen molar-refractivity contribution in [2.75, 3.05) is 31.6 Å². The minimum absolute atomic E-state index is 0.0854. The Morgan fingerprint density at radius 3 is 2.90 bits per heavy atom. The number of para-hydroxylation sites is 1. The van der Waals surface area contributed by atoms with E-state index in [1.165, 1.54) is 6.07 Å². The number of hydrogen-bond donors (Lipinski definition) is 3. The van der Waals surface area contributed by atoms with Crippen LogP contribution in [0.3, 0.4) is 0 Å². The molecule has 2 atom stereocenters. The van der Waals surface area contributed by atoms with Gasteiger partial charge in [-0.2, -0.15) is 0 Å². The largest absolute Gasteiger partial charge is 0.448 e. The Labute approximate surface area is 238 Å². The molecule has 1 fully saturated rings. The van der Waals surface area contributed by atoms with Crippen molar-refractivity contribution < 1.29 is 23.1 Å². The zero-order valence-corrected chi connectivity index (χ0v) is 23.2. The zero-order chi connectivity index (χ0) is 28.8. The highest BCUT2D eigenvalue weighted by Gasteiger charge is 2.27. The summed E-state index contributed by atoms with van der Waals surface area (Å²) in [5.74, 6) is -0.845. The van der Waals surface area contributed by atoms with E-state index < -0.39 is 17.7 Å². The molecule has 0 bridgehead atoms. The van der Waals surface area contributed by atoms with Crippen LogP contribution in [-0.4, -0.2) is 64.8 Å². The molecule has 1 aliphatic carbocycles. The molecule has 0 unspecified atom stereocenters. The lowest BCUT2D eigenvalue weighted by Gasteiger charge is -2.29. The number of halogens is 2. The van der Waals surface area contributed by atoms with Gasteiger partial charge in [0.2, 0.25) is 5.91 Å². The number of hydrogen-bond acceptors (Lipinski definition) is 6. The first-order valence-corrected chi connectivity index (χ1v) is 14.2. The number of ether oxygens (including phenoxy) is 1. The van der Waals surface area contributed by atoms with E-state index in [1.807, 2.05) is 35.8 Å². The van der Waals surface area contributed by atoms with Crippen molar-refractivity contribution in [2.24, 2.45) is 0 Å². The van der Waals surface area contributed by atoms with Crippen LogP contribution in [0.5, 0.6) is 0 Å². The second-order valence-corrected chi connectivity index (χ2v) is 10.5. The number of aryl methyl sites for hydroxylation is 1. The number of carbonyl (C=O) groups excluding carboxylic acids is 2. The normalized spacial score (nSPS) is 17.3. The monoisotopic (exact) mass is 566 g/mol. The first-order valence-electron chi connectivity index (χ1n) is 14.2. The lowest BCUT2D eigenvalue weighted by molar-refractivity contribution is -0.118. The second-order valence-electron chi connectivity index (χ2n) is 10.5. The number of nitrogens with one attached hydrogen (secondary N) is 3. The Morgan fingerprint density at radius 1 is 1.24 bits per heavy atom.